The van der Waals surface area contributed by atoms with E-state index in [1.807, 2.05) is 55.5 Å². The highest BCUT2D eigenvalue weighted by Gasteiger charge is 2.03. The predicted molar refractivity (Wildman–Crippen MR) is 94.8 cm³/mol. The smallest absolute Gasteiger partial charge is 0.314 e. The predicted octanol–water partition coefficient (Wildman–Crippen LogP) is 2.92. The maximum atomic E-state index is 11.7. The van der Waals surface area contributed by atoms with Gasteiger partial charge >= 0.3 is 6.03 Å². The molecule has 0 spiro atoms. The van der Waals surface area contributed by atoms with Crippen LogP contribution in [0.5, 0.6) is 11.5 Å². The van der Waals surface area contributed by atoms with Crippen LogP contribution in [0.3, 0.4) is 0 Å². The van der Waals surface area contributed by atoms with Crippen molar-refractivity contribution in [1.29, 1.82) is 0 Å². The minimum absolute atomic E-state index is 0.197. The van der Waals surface area contributed by atoms with Crippen LogP contribution < -0.4 is 20.1 Å². The molecule has 0 aliphatic rings. The van der Waals surface area contributed by atoms with E-state index in [2.05, 4.69) is 10.6 Å². The molecule has 0 unspecified atom stereocenters. The summed E-state index contributed by atoms with van der Waals surface area (Å²) >= 11 is 0. The zero-order chi connectivity index (χ0) is 17.2. The van der Waals surface area contributed by atoms with Gasteiger partial charge in [0.05, 0.1) is 13.7 Å². The van der Waals surface area contributed by atoms with Crippen LogP contribution in [-0.4, -0.2) is 32.8 Å². The van der Waals surface area contributed by atoms with Gasteiger partial charge in [-0.15, -0.1) is 0 Å². The van der Waals surface area contributed by atoms with E-state index >= 15 is 0 Å². The Morgan fingerprint density at radius 2 is 1.71 bits per heavy atom. The quantitative estimate of drug-likeness (QED) is 0.733. The Balaban J connectivity index is 1.60. The number of carbonyl (C=O) groups excluding carboxylic acids is 1. The van der Waals surface area contributed by atoms with Crippen molar-refractivity contribution in [1.82, 2.24) is 10.6 Å². The van der Waals surface area contributed by atoms with Gasteiger partial charge in [-0.1, -0.05) is 35.9 Å². The number of benzene rings is 2. The average Bonchev–Trinajstić information content (AvgIpc) is 2.60. The van der Waals surface area contributed by atoms with E-state index < -0.39 is 0 Å². The zero-order valence-electron chi connectivity index (χ0n) is 14.2. The van der Waals surface area contributed by atoms with Crippen molar-refractivity contribution in [2.24, 2.45) is 0 Å². The van der Waals surface area contributed by atoms with Crippen molar-refractivity contribution in [3.8, 4) is 11.5 Å². The summed E-state index contributed by atoms with van der Waals surface area (Å²) in [6.07, 6.45) is 0.720. The van der Waals surface area contributed by atoms with Gasteiger partial charge in [-0.3, -0.25) is 0 Å². The lowest BCUT2D eigenvalue weighted by Gasteiger charge is -2.10. The third-order valence-electron chi connectivity index (χ3n) is 3.55. The van der Waals surface area contributed by atoms with Gasteiger partial charge in [0.2, 0.25) is 0 Å². The van der Waals surface area contributed by atoms with Crippen molar-refractivity contribution in [3.05, 3.63) is 59.7 Å². The van der Waals surface area contributed by atoms with Gasteiger partial charge in [-0.25, -0.2) is 4.79 Å². The molecule has 2 rings (SSSR count). The monoisotopic (exact) mass is 328 g/mol. The lowest BCUT2D eigenvalue weighted by Crippen LogP contribution is -2.38. The third-order valence-corrected chi connectivity index (χ3v) is 3.55. The first-order chi connectivity index (χ1) is 11.7. The number of amides is 2. The van der Waals surface area contributed by atoms with Crippen LogP contribution in [0.25, 0.3) is 0 Å². The van der Waals surface area contributed by atoms with E-state index in [9.17, 15) is 4.79 Å². The van der Waals surface area contributed by atoms with Gasteiger partial charge in [-0.05, 0) is 37.1 Å². The highest BCUT2D eigenvalue weighted by Crippen LogP contribution is 2.17. The van der Waals surface area contributed by atoms with Gasteiger partial charge in [0.25, 0.3) is 0 Å². The number of rotatable bonds is 8. The van der Waals surface area contributed by atoms with E-state index in [-0.39, 0.29) is 6.03 Å². The fourth-order valence-electron chi connectivity index (χ4n) is 2.25. The third kappa shape index (κ3) is 5.83. The first-order valence-electron chi connectivity index (χ1n) is 8.02. The Bertz CT molecular complexity index is 641. The summed E-state index contributed by atoms with van der Waals surface area (Å²) in [5.74, 6) is 1.64. The Kier molecular flexibility index (Phi) is 6.95. The summed E-state index contributed by atoms with van der Waals surface area (Å²) in [7, 11) is 1.65. The number of nitrogens with one attached hydrogen (secondary N) is 2. The molecule has 0 fully saturated rings. The highest BCUT2D eigenvalue weighted by atomic mass is 16.5. The number of ether oxygens (including phenoxy) is 2. The summed E-state index contributed by atoms with van der Waals surface area (Å²) in [6.45, 7) is 3.46. The van der Waals surface area contributed by atoms with Crippen LogP contribution in [0.15, 0.2) is 48.5 Å². The zero-order valence-corrected chi connectivity index (χ0v) is 14.2. The summed E-state index contributed by atoms with van der Waals surface area (Å²) in [5, 5.41) is 5.60. The van der Waals surface area contributed by atoms with E-state index in [4.69, 9.17) is 9.47 Å². The molecule has 128 valence electrons. The topological polar surface area (TPSA) is 59.6 Å². The Morgan fingerprint density at radius 1 is 1.00 bits per heavy atom. The van der Waals surface area contributed by atoms with Crippen LogP contribution in [0, 0.1) is 6.92 Å². The number of aryl methyl sites for hydroxylation is 1. The van der Waals surface area contributed by atoms with Gasteiger partial charge in [0, 0.05) is 6.54 Å². The lowest BCUT2D eigenvalue weighted by atomic mass is 10.1. The van der Waals surface area contributed by atoms with Gasteiger partial charge < -0.3 is 20.1 Å². The maximum Gasteiger partial charge on any atom is 0.314 e. The summed E-state index contributed by atoms with van der Waals surface area (Å²) in [5.41, 5.74) is 2.26. The summed E-state index contributed by atoms with van der Waals surface area (Å²) < 4.78 is 10.8. The molecule has 2 aromatic carbocycles. The van der Waals surface area contributed by atoms with Crippen LogP contribution in [0.1, 0.15) is 11.1 Å². The fraction of sp³-hybridized carbons (Fsp3) is 0.316. The minimum atomic E-state index is -0.197. The second-order valence-electron chi connectivity index (χ2n) is 5.41. The van der Waals surface area contributed by atoms with Crippen LogP contribution in [0.2, 0.25) is 0 Å². The number of urea groups is 1. The molecule has 2 aromatic rings. The molecule has 0 bridgehead atoms. The number of carbonyl (C=O) groups is 1. The van der Waals surface area contributed by atoms with Crippen LogP contribution in [0.4, 0.5) is 4.79 Å². The molecular formula is C19H24N2O3. The Morgan fingerprint density at radius 3 is 2.46 bits per heavy atom. The molecule has 0 aliphatic heterocycles. The van der Waals surface area contributed by atoms with Crippen molar-refractivity contribution >= 4 is 6.03 Å². The molecule has 24 heavy (non-hydrogen) atoms. The number of hydrogen-bond donors (Lipinski definition) is 2. The summed E-state index contributed by atoms with van der Waals surface area (Å²) in [4.78, 5) is 11.7. The average molecular weight is 328 g/mol. The first kappa shape index (κ1) is 17.7. The van der Waals surface area contributed by atoms with Crippen molar-refractivity contribution in [2.45, 2.75) is 13.3 Å². The Labute approximate surface area is 143 Å². The van der Waals surface area contributed by atoms with Gasteiger partial charge in [-0.2, -0.15) is 0 Å². The van der Waals surface area contributed by atoms with Crippen molar-refractivity contribution in [3.63, 3.8) is 0 Å². The first-order valence-corrected chi connectivity index (χ1v) is 8.02. The second kappa shape index (κ2) is 9.45. The number of hydrogen-bond acceptors (Lipinski definition) is 3. The maximum absolute atomic E-state index is 11.7. The van der Waals surface area contributed by atoms with Gasteiger partial charge in [0.1, 0.15) is 18.1 Å². The Hall–Kier alpha value is -2.69. The molecule has 0 aromatic heterocycles. The van der Waals surface area contributed by atoms with E-state index in [0.717, 1.165) is 23.5 Å². The molecule has 2 N–H and O–H groups in total. The SMILES string of the molecule is COc1ccccc1CCNC(=O)NCCOc1ccc(C)cc1. The molecule has 0 heterocycles. The molecule has 5 nitrogen and oxygen atoms in total. The standard InChI is InChI=1S/C19H24N2O3/c1-15-7-9-17(10-8-15)24-14-13-21-19(22)20-12-11-16-5-3-4-6-18(16)23-2/h3-10H,11-14H2,1-2H3,(H2,20,21,22). The minimum Gasteiger partial charge on any atom is -0.496 e. The highest BCUT2D eigenvalue weighted by molar-refractivity contribution is 5.73. The molecule has 0 saturated carbocycles. The van der Waals surface area contributed by atoms with Crippen LogP contribution >= 0.6 is 0 Å². The van der Waals surface area contributed by atoms with Crippen molar-refractivity contribution in [2.75, 3.05) is 26.8 Å². The molecule has 0 saturated heterocycles. The molecule has 2 amide bonds. The lowest BCUT2D eigenvalue weighted by molar-refractivity contribution is 0.236. The molecule has 0 radical (unpaired) electrons. The van der Waals surface area contributed by atoms with Crippen LogP contribution in [-0.2, 0) is 6.42 Å². The normalized spacial score (nSPS) is 10.1. The number of para-hydroxylation sites is 1. The molecule has 0 aliphatic carbocycles. The fourth-order valence-corrected chi connectivity index (χ4v) is 2.25. The van der Waals surface area contributed by atoms with Gasteiger partial charge in [0.15, 0.2) is 0 Å². The molecular weight excluding hydrogens is 304 g/mol. The van der Waals surface area contributed by atoms with E-state index in [0.29, 0.717) is 19.7 Å². The van der Waals surface area contributed by atoms with Crippen molar-refractivity contribution < 1.29 is 14.3 Å². The largest absolute Gasteiger partial charge is 0.496 e. The molecule has 0 atom stereocenters. The second-order valence-corrected chi connectivity index (χ2v) is 5.41. The molecule has 5 heteroatoms. The van der Waals surface area contributed by atoms with E-state index in [1.165, 1.54) is 5.56 Å². The van der Waals surface area contributed by atoms with E-state index in [1.54, 1.807) is 7.11 Å². The number of methoxy groups -OCH3 is 1. The summed E-state index contributed by atoms with van der Waals surface area (Å²) in [6, 6.07) is 15.4.